The predicted octanol–water partition coefficient (Wildman–Crippen LogP) is 3.98. The number of hydrogen-bond donors (Lipinski definition) is 1. The van der Waals surface area contributed by atoms with Crippen molar-refractivity contribution in [2.24, 2.45) is 0 Å². The highest BCUT2D eigenvalue weighted by Crippen LogP contribution is 2.28. The molecule has 1 atom stereocenters. The lowest BCUT2D eigenvalue weighted by atomic mass is 10.0. The minimum Gasteiger partial charge on any atom is -0.331 e. The Morgan fingerprint density at radius 1 is 1.27 bits per heavy atom. The first kappa shape index (κ1) is 15.0. The summed E-state index contributed by atoms with van der Waals surface area (Å²) in [4.78, 5) is 19.5. The van der Waals surface area contributed by atoms with Crippen LogP contribution in [0, 0.1) is 6.92 Å². The van der Waals surface area contributed by atoms with Gasteiger partial charge in [0.2, 0.25) is 0 Å². The minimum absolute atomic E-state index is 0.0182. The standard InChI is InChI=1S/C17H21N3OS/c1-12(19-17(21)20-9-3-4-10-20)14-5-7-15(8-6-14)16-13(2)18-11-22-16/h5-8,11-12H,3-4,9-10H2,1-2H3,(H,19,21)/t12-/m0/s1. The van der Waals surface area contributed by atoms with Gasteiger partial charge in [0.25, 0.3) is 0 Å². The number of aryl methyl sites for hydroxylation is 1. The van der Waals surface area contributed by atoms with E-state index in [0.717, 1.165) is 37.2 Å². The molecular weight excluding hydrogens is 294 g/mol. The summed E-state index contributed by atoms with van der Waals surface area (Å²) in [5.41, 5.74) is 5.24. The van der Waals surface area contributed by atoms with Crippen LogP contribution in [0.4, 0.5) is 4.79 Å². The molecule has 0 saturated carbocycles. The second kappa shape index (κ2) is 6.48. The highest BCUT2D eigenvalue weighted by molar-refractivity contribution is 7.13. The maximum absolute atomic E-state index is 12.1. The van der Waals surface area contributed by atoms with E-state index in [2.05, 4.69) is 34.6 Å². The lowest BCUT2D eigenvalue weighted by molar-refractivity contribution is 0.205. The number of carbonyl (C=O) groups is 1. The molecule has 1 fully saturated rings. The molecule has 2 amide bonds. The number of hydrogen-bond acceptors (Lipinski definition) is 3. The second-order valence-electron chi connectivity index (χ2n) is 5.75. The topological polar surface area (TPSA) is 45.2 Å². The van der Waals surface area contributed by atoms with Crippen LogP contribution in [0.2, 0.25) is 0 Å². The molecule has 22 heavy (non-hydrogen) atoms. The summed E-state index contributed by atoms with van der Waals surface area (Å²) in [7, 11) is 0. The molecule has 2 heterocycles. The Labute approximate surface area is 135 Å². The van der Waals surface area contributed by atoms with Crippen molar-refractivity contribution in [2.75, 3.05) is 13.1 Å². The van der Waals surface area contributed by atoms with Crippen molar-refractivity contribution in [3.05, 3.63) is 41.0 Å². The average molecular weight is 315 g/mol. The van der Waals surface area contributed by atoms with Gasteiger partial charge in [0.05, 0.1) is 22.1 Å². The van der Waals surface area contributed by atoms with Crippen LogP contribution in [0.3, 0.4) is 0 Å². The first-order chi connectivity index (χ1) is 10.6. The number of aromatic nitrogens is 1. The molecule has 1 aromatic carbocycles. The van der Waals surface area contributed by atoms with E-state index < -0.39 is 0 Å². The second-order valence-corrected chi connectivity index (χ2v) is 6.61. The molecule has 1 aliphatic rings. The molecule has 1 aliphatic heterocycles. The molecule has 1 saturated heterocycles. The van der Waals surface area contributed by atoms with Crippen LogP contribution in [-0.4, -0.2) is 29.0 Å². The highest BCUT2D eigenvalue weighted by Gasteiger charge is 2.19. The van der Waals surface area contributed by atoms with E-state index in [0.29, 0.717) is 0 Å². The van der Waals surface area contributed by atoms with Gasteiger partial charge in [-0.2, -0.15) is 0 Å². The fourth-order valence-electron chi connectivity index (χ4n) is 2.78. The summed E-state index contributed by atoms with van der Waals surface area (Å²) >= 11 is 1.66. The SMILES string of the molecule is Cc1ncsc1-c1ccc([C@H](C)NC(=O)N2CCCC2)cc1. The molecule has 0 bridgehead atoms. The third-order valence-corrected chi connectivity index (χ3v) is 5.13. The zero-order chi connectivity index (χ0) is 15.5. The Balaban J connectivity index is 1.67. The van der Waals surface area contributed by atoms with E-state index in [-0.39, 0.29) is 12.1 Å². The molecule has 0 unspecified atom stereocenters. The number of likely N-dealkylation sites (tertiary alicyclic amines) is 1. The van der Waals surface area contributed by atoms with Crippen LogP contribution in [-0.2, 0) is 0 Å². The zero-order valence-electron chi connectivity index (χ0n) is 13.0. The van der Waals surface area contributed by atoms with Gasteiger partial charge in [0, 0.05) is 13.1 Å². The summed E-state index contributed by atoms with van der Waals surface area (Å²) < 4.78 is 0. The number of benzene rings is 1. The van der Waals surface area contributed by atoms with Crippen LogP contribution < -0.4 is 5.32 Å². The Kier molecular flexibility index (Phi) is 4.43. The zero-order valence-corrected chi connectivity index (χ0v) is 13.8. The van der Waals surface area contributed by atoms with Gasteiger partial charge >= 0.3 is 6.03 Å². The van der Waals surface area contributed by atoms with Crippen LogP contribution in [0.1, 0.15) is 37.1 Å². The van der Waals surface area contributed by atoms with E-state index in [1.54, 1.807) is 11.3 Å². The van der Waals surface area contributed by atoms with Crippen molar-refractivity contribution in [1.82, 2.24) is 15.2 Å². The summed E-state index contributed by atoms with van der Waals surface area (Å²) in [5.74, 6) is 0. The van der Waals surface area contributed by atoms with E-state index in [4.69, 9.17) is 0 Å². The quantitative estimate of drug-likeness (QED) is 0.931. The maximum atomic E-state index is 12.1. The molecule has 1 aromatic heterocycles. The van der Waals surface area contributed by atoms with Gasteiger partial charge in [-0.15, -0.1) is 11.3 Å². The Hall–Kier alpha value is -1.88. The van der Waals surface area contributed by atoms with Crippen LogP contribution in [0.25, 0.3) is 10.4 Å². The summed E-state index contributed by atoms with van der Waals surface area (Å²) in [6.07, 6.45) is 2.23. The fraction of sp³-hybridized carbons (Fsp3) is 0.412. The monoisotopic (exact) mass is 315 g/mol. The normalized spacial score (nSPS) is 15.8. The van der Waals surface area contributed by atoms with Crippen molar-refractivity contribution >= 4 is 17.4 Å². The van der Waals surface area contributed by atoms with Crippen molar-refractivity contribution < 1.29 is 4.79 Å². The summed E-state index contributed by atoms with van der Waals surface area (Å²) in [6.45, 7) is 5.81. The third-order valence-electron chi connectivity index (χ3n) is 4.15. The first-order valence-electron chi connectivity index (χ1n) is 7.71. The van der Waals surface area contributed by atoms with E-state index in [1.807, 2.05) is 24.3 Å². The fourth-order valence-corrected chi connectivity index (χ4v) is 3.59. The van der Waals surface area contributed by atoms with Gasteiger partial charge < -0.3 is 10.2 Å². The van der Waals surface area contributed by atoms with E-state index in [1.165, 1.54) is 10.4 Å². The van der Waals surface area contributed by atoms with E-state index >= 15 is 0 Å². The molecule has 5 heteroatoms. The molecule has 116 valence electrons. The Morgan fingerprint density at radius 3 is 2.55 bits per heavy atom. The van der Waals surface area contributed by atoms with Crippen molar-refractivity contribution in [1.29, 1.82) is 0 Å². The Bertz CT molecular complexity index is 644. The van der Waals surface area contributed by atoms with Crippen molar-refractivity contribution in [3.8, 4) is 10.4 Å². The van der Waals surface area contributed by atoms with Gasteiger partial charge in [-0.25, -0.2) is 9.78 Å². The van der Waals surface area contributed by atoms with Gasteiger partial charge in [-0.1, -0.05) is 24.3 Å². The van der Waals surface area contributed by atoms with Crippen LogP contribution in [0.15, 0.2) is 29.8 Å². The number of thiazole rings is 1. The number of nitrogens with zero attached hydrogens (tertiary/aromatic N) is 2. The summed E-state index contributed by atoms with van der Waals surface area (Å²) in [5, 5.41) is 3.08. The van der Waals surface area contributed by atoms with Gasteiger partial charge in [-0.3, -0.25) is 0 Å². The minimum atomic E-state index is 0.0182. The molecule has 4 nitrogen and oxygen atoms in total. The molecule has 2 aromatic rings. The van der Waals surface area contributed by atoms with Gasteiger partial charge in [0.15, 0.2) is 0 Å². The predicted molar refractivity (Wildman–Crippen MR) is 90.0 cm³/mol. The van der Waals surface area contributed by atoms with Crippen molar-refractivity contribution in [3.63, 3.8) is 0 Å². The van der Waals surface area contributed by atoms with Crippen LogP contribution in [0.5, 0.6) is 0 Å². The Morgan fingerprint density at radius 2 is 1.95 bits per heavy atom. The van der Waals surface area contributed by atoms with E-state index in [9.17, 15) is 4.79 Å². The first-order valence-corrected chi connectivity index (χ1v) is 8.59. The number of rotatable bonds is 3. The smallest absolute Gasteiger partial charge is 0.317 e. The average Bonchev–Trinajstić information content (AvgIpc) is 3.18. The molecule has 0 radical (unpaired) electrons. The van der Waals surface area contributed by atoms with Gasteiger partial charge in [-0.05, 0) is 37.8 Å². The maximum Gasteiger partial charge on any atom is 0.317 e. The van der Waals surface area contributed by atoms with Gasteiger partial charge in [0.1, 0.15) is 0 Å². The third kappa shape index (κ3) is 3.14. The molecular formula is C17H21N3OS. The largest absolute Gasteiger partial charge is 0.331 e. The molecule has 0 aliphatic carbocycles. The number of amides is 2. The van der Waals surface area contributed by atoms with Crippen molar-refractivity contribution in [2.45, 2.75) is 32.7 Å². The molecule has 3 rings (SSSR count). The van der Waals surface area contributed by atoms with Crippen LogP contribution >= 0.6 is 11.3 Å². The lowest BCUT2D eigenvalue weighted by Crippen LogP contribution is -2.39. The highest BCUT2D eigenvalue weighted by atomic mass is 32.1. The molecule has 1 N–H and O–H groups in total. The number of urea groups is 1. The summed E-state index contributed by atoms with van der Waals surface area (Å²) in [6, 6.07) is 8.45. The lowest BCUT2D eigenvalue weighted by Gasteiger charge is -2.20. The number of carbonyl (C=O) groups excluding carboxylic acids is 1. The molecule has 0 spiro atoms. The number of nitrogens with one attached hydrogen (secondary N) is 1.